The zero-order valence-corrected chi connectivity index (χ0v) is 21.4. The largest absolute Gasteiger partial charge is 0.478 e. The van der Waals surface area contributed by atoms with Gasteiger partial charge in [-0.25, -0.2) is 19.6 Å². The van der Waals surface area contributed by atoms with Gasteiger partial charge >= 0.3 is 5.97 Å². The van der Waals surface area contributed by atoms with E-state index in [1.54, 1.807) is 12.1 Å². The smallest absolute Gasteiger partial charge is 0.335 e. The Morgan fingerprint density at radius 2 is 1.63 bits per heavy atom. The standard InChI is InChI=1S/C29H29N7O2/c1-19(2)17-26-30-27(16-11-20-7-14-23(15-8-20)29(37)38)36(33-26)18-21-9-12-22(13-10-21)24-5-3-4-6-25(24)28-31-34-35-32-28/h3-10,12-15,19H,11,16-18H2,1-2H3,(H,37,38)(H,31,32,34,35). The first-order valence-corrected chi connectivity index (χ1v) is 12.6. The summed E-state index contributed by atoms with van der Waals surface area (Å²) in [5.41, 5.74) is 5.55. The Bertz CT molecular complexity index is 1510. The predicted molar refractivity (Wildman–Crippen MR) is 144 cm³/mol. The molecule has 9 heteroatoms. The number of aromatic carboxylic acids is 1. The number of carboxylic acid groups (broad SMARTS) is 1. The number of aromatic nitrogens is 7. The van der Waals surface area contributed by atoms with Crippen molar-refractivity contribution in [2.24, 2.45) is 5.92 Å². The number of H-pyrrole nitrogens is 1. The number of rotatable bonds is 10. The Hall–Kier alpha value is -4.66. The van der Waals surface area contributed by atoms with Gasteiger partial charge in [-0.3, -0.25) is 0 Å². The molecular formula is C29H29N7O2. The molecular weight excluding hydrogens is 478 g/mol. The lowest BCUT2D eigenvalue weighted by molar-refractivity contribution is 0.0697. The van der Waals surface area contributed by atoms with Crippen LogP contribution in [0.2, 0.25) is 0 Å². The molecule has 2 heterocycles. The lowest BCUT2D eigenvalue weighted by Gasteiger charge is -2.10. The summed E-state index contributed by atoms with van der Waals surface area (Å²) in [4.78, 5) is 16.0. The molecule has 5 rings (SSSR count). The van der Waals surface area contributed by atoms with Gasteiger partial charge in [0.25, 0.3) is 0 Å². The Balaban J connectivity index is 1.35. The summed E-state index contributed by atoms with van der Waals surface area (Å²) >= 11 is 0. The third kappa shape index (κ3) is 5.83. The molecule has 192 valence electrons. The molecule has 2 N–H and O–H groups in total. The van der Waals surface area contributed by atoms with Crippen LogP contribution in [0.15, 0.2) is 72.8 Å². The highest BCUT2D eigenvalue weighted by Crippen LogP contribution is 2.29. The summed E-state index contributed by atoms with van der Waals surface area (Å²) in [6.45, 7) is 4.94. The minimum absolute atomic E-state index is 0.291. The molecule has 9 nitrogen and oxygen atoms in total. The monoisotopic (exact) mass is 507 g/mol. The van der Waals surface area contributed by atoms with Crippen LogP contribution < -0.4 is 0 Å². The summed E-state index contributed by atoms with van der Waals surface area (Å²) in [5, 5.41) is 28.3. The number of hydrogen-bond donors (Lipinski definition) is 2. The number of nitrogens with zero attached hydrogens (tertiary/aromatic N) is 6. The Labute approximate surface area is 220 Å². The average Bonchev–Trinajstić information content (AvgIpc) is 3.58. The van der Waals surface area contributed by atoms with Gasteiger partial charge in [-0.1, -0.05) is 74.5 Å². The second kappa shape index (κ2) is 11.2. The van der Waals surface area contributed by atoms with Crippen LogP contribution in [0.3, 0.4) is 0 Å². The molecule has 0 aliphatic rings. The zero-order chi connectivity index (χ0) is 26.5. The van der Waals surface area contributed by atoms with E-state index in [9.17, 15) is 4.79 Å². The van der Waals surface area contributed by atoms with E-state index >= 15 is 0 Å². The first-order valence-electron chi connectivity index (χ1n) is 12.6. The molecule has 0 aliphatic heterocycles. The summed E-state index contributed by atoms with van der Waals surface area (Å²) in [5.74, 6) is 1.95. The van der Waals surface area contributed by atoms with Crippen LogP contribution in [-0.2, 0) is 25.8 Å². The quantitative estimate of drug-likeness (QED) is 0.277. The van der Waals surface area contributed by atoms with Crippen molar-refractivity contribution >= 4 is 5.97 Å². The molecule has 0 bridgehead atoms. The number of hydrogen-bond acceptors (Lipinski definition) is 6. The van der Waals surface area contributed by atoms with Crippen LogP contribution in [0.1, 0.15) is 47.0 Å². The van der Waals surface area contributed by atoms with Crippen LogP contribution in [0.5, 0.6) is 0 Å². The number of tetrazole rings is 1. The maximum Gasteiger partial charge on any atom is 0.335 e. The topological polar surface area (TPSA) is 122 Å². The fraction of sp³-hybridized carbons (Fsp3) is 0.241. The highest BCUT2D eigenvalue weighted by molar-refractivity contribution is 5.87. The van der Waals surface area contributed by atoms with Gasteiger partial charge in [-0.15, -0.1) is 5.10 Å². The van der Waals surface area contributed by atoms with Crippen LogP contribution >= 0.6 is 0 Å². The van der Waals surface area contributed by atoms with E-state index in [2.05, 4.69) is 64.8 Å². The molecule has 0 aliphatic carbocycles. The van der Waals surface area contributed by atoms with Gasteiger partial charge in [-0.05, 0) is 57.2 Å². The van der Waals surface area contributed by atoms with Crippen molar-refractivity contribution in [3.05, 3.63) is 101 Å². The van der Waals surface area contributed by atoms with Crippen molar-refractivity contribution in [2.75, 3.05) is 0 Å². The van der Waals surface area contributed by atoms with Crippen LogP contribution in [0, 0.1) is 5.92 Å². The fourth-order valence-electron chi connectivity index (χ4n) is 4.44. The van der Waals surface area contributed by atoms with Crippen molar-refractivity contribution < 1.29 is 9.90 Å². The van der Waals surface area contributed by atoms with Crippen LogP contribution in [0.25, 0.3) is 22.5 Å². The maximum atomic E-state index is 11.1. The molecule has 2 aromatic heterocycles. The van der Waals surface area contributed by atoms with Gasteiger partial charge in [0.15, 0.2) is 11.6 Å². The number of aryl methyl sites for hydroxylation is 2. The van der Waals surface area contributed by atoms with E-state index in [-0.39, 0.29) is 0 Å². The predicted octanol–water partition coefficient (Wildman–Crippen LogP) is 4.86. The number of benzene rings is 3. The third-order valence-electron chi connectivity index (χ3n) is 6.35. The molecule has 0 fully saturated rings. The van der Waals surface area contributed by atoms with Crippen LogP contribution in [0.4, 0.5) is 0 Å². The third-order valence-corrected chi connectivity index (χ3v) is 6.35. The molecule has 0 atom stereocenters. The van der Waals surface area contributed by atoms with E-state index in [4.69, 9.17) is 15.2 Å². The van der Waals surface area contributed by atoms with E-state index in [1.165, 1.54) is 0 Å². The first kappa shape index (κ1) is 25.0. The van der Waals surface area contributed by atoms with Gasteiger partial charge in [0.2, 0.25) is 0 Å². The highest BCUT2D eigenvalue weighted by atomic mass is 16.4. The number of aromatic amines is 1. The Morgan fingerprint density at radius 1 is 0.921 bits per heavy atom. The van der Waals surface area contributed by atoms with Crippen molar-refractivity contribution in [1.29, 1.82) is 0 Å². The van der Waals surface area contributed by atoms with Crippen molar-refractivity contribution in [3.63, 3.8) is 0 Å². The van der Waals surface area contributed by atoms with Crippen molar-refractivity contribution in [1.82, 2.24) is 35.4 Å². The lowest BCUT2D eigenvalue weighted by atomic mass is 9.98. The highest BCUT2D eigenvalue weighted by Gasteiger charge is 2.14. The maximum absolute atomic E-state index is 11.1. The Kier molecular flexibility index (Phi) is 7.35. The van der Waals surface area contributed by atoms with Gasteiger partial charge in [0.05, 0.1) is 12.1 Å². The summed E-state index contributed by atoms with van der Waals surface area (Å²) in [6.07, 6.45) is 2.29. The van der Waals surface area contributed by atoms with Crippen molar-refractivity contribution in [3.8, 4) is 22.5 Å². The minimum Gasteiger partial charge on any atom is -0.478 e. The number of carboxylic acids is 1. The summed E-state index contributed by atoms with van der Waals surface area (Å²) in [7, 11) is 0. The van der Waals surface area contributed by atoms with E-state index in [1.807, 2.05) is 35.0 Å². The number of nitrogens with one attached hydrogen (secondary N) is 1. The van der Waals surface area contributed by atoms with E-state index < -0.39 is 5.97 Å². The molecule has 0 spiro atoms. The molecule has 0 amide bonds. The molecule has 0 radical (unpaired) electrons. The molecule has 3 aromatic carbocycles. The van der Waals surface area contributed by atoms with Gasteiger partial charge in [-0.2, -0.15) is 5.10 Å². The lowest BCUT2D eigenvalue weighted by Crippen LogP contribution is -2.08. The van der Waals surface area contributed by atoms with Gasteiger partial charge in [0, 0.05) is 18.4 Å². The average molecular weight is 508 g/mol. The second-order valence-corrected chi connectivity index (χ2v) is 9.69. The van der Waals surface area contributed by atoms with E-state index in [0.717, 1.165) is 52.3 Å². The fourth-order valence-corrected chi connectivity index (χ4v) is 4.44. The Morgan fingerprint density at radius 3 is 2.29 bits per heavy atom. The van der Waals surface area contributed by atoms with Crippen LogP contribution in [-0.4, -0.2) is 46.5 Å². The van der Waals surface area contributed by atoms with E-state index in [0.29, 0.717) is 30.3 Å². The van der Waals surface area contributed by atoms with Gasteiger partial charge in [0.1, 0.15) is 5.82 Å². The molecule has 38 heavy (non-hydrogen) atoms. The molecule has 5 aromatic rings. The molecule has 0 saturated carbocycles. The van der Waals surface area contributed by atoms with Gasteiger partial charge < -0.3 is 5.11 Å². The van der Waals surface area contributed by atoms with Crippen molar-refractivity contribution in [2.45, 2.75) is 39.7 Å². The zero-order valence-electron chi connectivity index (χ0n) is 21.4. The first-order chi connectivity index (χ1) is 18.5. The summed E-state index contributed by atoms with van der Waals surface area (Å²) < 4.78 is 1.99. The number of carbonyl (C=O) groups is 1. The molecule has 0 saturated heterocycles. The normalized spacial score (nSPS) is 11.2. The second-order valence-electron chi connectivity index (χ2n) is 9.69. The minimum atomic E-state index is -0.917. The molecule has 0 unspecified atom stereocenters. The SMILES string of the molecule is CC(C)Cc1nc(CCc2ccc(C(=O)O)cc2)n(Cc2ccc(-c3ccccc3-c3nnn[nH]3)cc2)n1. The summed E-state index contributed by atoms with van der Waals surface area (Å²) in [6, 6.07) is 23.5.